The van der Waals surface area contributed by atoms with Gasteiger partial charge in [-0.3, -0.25) is 4.79 Å². The number of piperidine rings is 1. The van der Waals surface area contributed by atoms with Crippen LogP contribution in [0.25, 0.3) is 6.08 Å². The van der Waals surface area contributed by atoms with Gasteiger partial charge in [-0.1, -0.05) is 0 Å². The summed E-state index contributed by atoms with van der Waals surface area (Å²) >= 11 is 0. The molecule has 0 atom stereocenters. The molecule has 0 saturated carbocycles. The summed E-state index contributed by atoms with van der Waals surface area (Å²) in [6.07, 6.45) is 9.62. The summed E-state index contributed by atoms with van der Waals surface area (Å²) in [5, 5.41) is 0. The van der Waals surface area contributed by atoms with Crippen molar-refractivity contribution in [3.63, 3.8) is 0 Å². The molecule has 3 rings (SSSR count). The Bertz CT molecular complexity index is 617. The molecule has 0 N–H and O–H groups in total. The van der Waals surface area contributed by atoms with E-state index in [2.05, 4.69) is 9.97 Å². The van der Waals surface area contributed by atoms with Crippen LogP contribution < -0.4 is 4.74 Å². The van der Waals surface area contributed by atoms with Crippen LogP contribution >= 0.6 is 0 Å². The summed E-state index contributed by atoms with van der Waals surface area (Å²) in [5.74, 6) is 1.25. The lowest BCUT2D eigenvalue weighted by molar-refractivity contribution is -0.127. The minimum atomic E-state index is -0.00288. The SMILES string of the molecule is O=C(/C=C/c1ccco1)N1CCC(Oc2ccncn2)CC1. The number of carbonyl (C=O) groups excluding carboxylic acids is 1. The van der Waals surface area contributed by atoms with Crippen LogP contribution in [0, 0.1) is 0 Å². The Hall–Kier alpha value is -2.63. The van der Waals surface area contributed by atoms with Crippen LogP contribution in [0.5, 0.6) is 5.88 Å². The number of furan rings is 1. The molecule has 6 nitrogen and oxygen atoms in total. The number of nitrogens with zero attached hydrogens (tertiary/aromatic N) is 3. The molecule has 1 aliphatic rings. The van der Waals surface area contributed by atoms with E-state index in [4.69, 9.17) is 9.15 Å². The highest BCUT2D eigenvalue weighted by molar-refractivity contribution is 5.91. The first-order valence-corrected chi connectivity index (χ1v) is 7.24. The summed E-state index contributed by atoms with van der Waals surface area (Å²) in [6, 6.07) is 5.34. The van der Waals surface area contributed by atoms with Crippen LogP contribution in [-0.2, 0) is 4.79 Å². The van der Waals surface area contributed by atoms with E-state index in [0.29, 0.717) is 24.7 Å². The van der Waals surface area contributed by atoms with Gasteiger partial charge in [0.05, 0.1) is 6.26 Å². The van der Waals surface area contributed by atoms with Crippen LogP contribution in [0.3, 0.4) is 0 Å². The molecule has 0 radical (unpaired) electrons. The maximum atomic E-state index is 12.1. The van der Waals surface area contributed by atoms with Gasteiger partial charge in [-0.25, -0.2) is 9.97 Å². The van der Waals surface area contributed by atoms with E-state index in [1.165, 1.54) is 6.33 Å². The Morgan fingerprint density at radius 1 is 1.36 bits per heavy atom. The summed E-state index contributed by atoms with van der Waals surface area (Å²) in [7, 11) is 0. The molecule has 0 spiro atoms. The van der Waals surface area contributed by atoms with Crippen molar-refractivity contribution in [2.75, 3.05) is 13.1 Å². The summed E-state index contributed by atoms with van der Waals surface area (Å²) < 4.78 is 10.9. The number of likely N-dealkylation sites (tertiary alicyclic amines) is 1. The molecule has 1 aliphatic heterocycles. The smallest absolute Gasteiger partial charge is 0.246 e. The molecule has 22 heavy (non-hydrogen) atoms. The first-order valence-electron chi connectivity index (χ1n) is 7.24. The number of hydrogen-bond acceptors (Lipinski definition) is 5. The molecule has 6 heteroatoms. The lowest BCUT2D eigenvalue weighted by atomic mass is 10.1. The highest BCUT2D eigenvalue weighted by Gasteiger charge is 2.23. The number of hydrogen-bond donors (Lipinski definition) is 0. The predicted octanol–water partition coefficient (Wildman–Crippen LogP) is 2.15. The number of rotatable bonds is 4. The second kappa shape index (κ2) is 6.89. The summed E-state index contributed by atoms with van der Waals surface area (Å²) in [5.41, 5.74) is 0. The van der Waals surface area contributed by atoms with E-state index in [9.17, 15) is 4.79 Å². The third-order valence-electron chi connectivity index (χ3n) is 3.53. The van der Waals surface area contributed by atoms with Crippen molar-refractivity contribution in [3.05, 3.63) is 48.8 Å². The number of aromatic nitrogens is 2. The molecule has 0 unspecified atom stereocenters. The van der Waals surface area contributed by atoms with Crippen LogP contribution in [0.2, 0.25) is 0 Å². The van der Waals surface area contributed by atoms with Crippen molar-refractivity contribution < 1.29 is 13.9 Å². The van der Waals surface area contributed by atoms with Gasteiger partial charge in [0.25, 0.3) is 0 Å². The molecule has 1 amide bonds. The molecule has 3 heterocycles. The molecule has 114 valence electrons. The molecule has 0 aromatic carbocycles. The molecule has 0 aliphatic carbocycles. The second-order valence-corrected chi connectivity index (χ2v) is 5.04. The minimum Gasteiger partial charge on any atom is -0.474 e. The van der Waals surface area contributed by atoms with Crippen molar-refractivity contribution in [1.82, 2.24) is 14.9 Å². The fourth-order valence-electron chi connectivity index (χ4n) is 2.36. The maximum absolute atomic E-state index is 12.1. The first-order chi connectivity index (χ1) is 10.8. The van der Waals surface area contributed by atoms with Gasteiger partial charge in [-0.15, -0.1) is 0 Å². The highest BCUT2D eigenvalue weighted by atomic mass is 16.5. The van der Waals surface area contributed by atoms with Crippen LogP contribution in [0.1, 0.15) is 18.6 Å². The highest BCUT2D eigenvalue weighted by Crippen LogP contribution is 2.17. The third-order valence-corrected chi connectivity index (χ3v) is 3.53. The van der Waals surface area contributed by atoms with Crippen molar-refractivity contribution >= 4 is 12.0 Å². The Morgan fingerprint density at radius 2 is 2.23 bits per heavy atom. The van der Waals surface area contributed by atoms with E-state index in [0.717, 1.165) is 12.8 Å². The number of ether oxygens (including phenoxy) is 1. The van der Waals surface area contributed by atoms with Gasteiger partial charge < -0.3 is 14.1 Å². The second-order valence-electron chi connectivity index (χ2n) is 5.04. The summed E-state index contributed by atoms with van der Waals surface area (Å²) in [6.45, 7) is 1.36. The minimum absolute atomic E-state index is 0.00288. The summed E-state index contributed by atoms with van der Waals surface area (Å²) in [4.78, 5) is 21.8. The maximum Gasteiger partial charge on any atom is 0.246 e. The van der Waals surface area contributed by atoms with Crippen molar-refractivity contribution in [1.29, 1.82) is 0 Å². The average Bonchev–Trinajstić information content (AvgIpc) is 3.08. The van der Waals surface area contributed by atoms with Crippen molar-refractivity contribution in [2.45, 2.75) is 18.9 Å². The van der Waals surface area contributed by atoms with E-state index in [-0.39, 0.29) is 12.0 Å². The number of amides is 1. The lowest BCUT2D eigenvalue weighted by Crippen LogP contribution is -2.41. The van der Waals surface area contributed by atoms with Crippen LogP contribution in [0.15, 0.2) is 47.5 Å². The van der Waals surface area contributed by atoms with Gasteiger partial charge in [0.1, 0.15) is 18.2 Å². The molecule has 2 aromatic rings. The Labute approximate surface area is 128 Å². The Morgan fingerprint density at radius 3 is 2.91 bits per heavy atom. The van der Waals surface area contributed by atoms with E-state index in [1.807, 2.05) is 11.0 Å². The normalized spacial score (nSPS) is 16.1. The van der Waals surface area contributed by atoms with Crippen molar-refractivity contribution in [3.8, 4) is 5.88 Å². The topological polar surface area (TPSA) is 68.5 Å². The van der Waals surface area contributed by atoms with Crippen molar-refractivity contribution in [2.24, 2.45) is 0 Å². The van der Waals surface area contributed by atoms with E-state index < -0.39 is 0 Å². The van der Waals surface area contributed by atoms with Crippen LogP contribution in [0.4, 0.5) is 0 Å². The van der Waals surface area contributed by atoms with Crippen LogP contribution in [-0.4, -0.2) is 40.0 Å². The average molecular weight is 299 g/mol. The molecule has 1 saturated heterocycles. The largest absolute Gasteiger partial charge is 0.474 e. The molecule has 2 aromatic heterocycles. The zero-order valence-electron chi connectivity index (χ0n) is 12.1. The third kappa shape index (κ3) is 3.72. The quantitative estimate of drug-likeness (QED) is 0.809. The van der Waals surface area contributed by atoms with Gasteiger partial charge >= 0.3 is 0 Å². The molecular formula is C16H17N3O3. The Balaban J connectivity index is 1.48. The van der Waals surface area contributed by atoms with E-state index >= 15 is 0 Å². The predicted molar refractivity (Wildman–Crippen MR) is 80.0 cm³/mol. The monoisotopic (exact) mass is 299 g/mol. The number of carbonyl (C=O) groups is 1. The zero-order valence-corrected chi connectivity index (χ0v) is 12.1. The molecule has 1 fully saturated rings. The van der Waals surface area contributed by atoms with Gasteiger partial charge in [-0.05, 0) is 18.2 Å². The van der Waals surface area contributed by atoms with Gasteiger partial charge in [0, 0.05) is 44.3 Å². The zero-order chi connectivity index (χ0) is 15.2. The van der Waals surface area contributed by atoms with Gasteiger partial charge in [0.15, 0.2) is 0 Å². The van der Waals surface area contributed by atoms with E-state index in [1.54, 1.807) is 36.7 Å². The fourth-order valence-corrected chi connectivity index (χ4v) is 2.36. The lowest BCUT2D eigenvalue weighted by Gasteiger charge is -2.31. The Kier molecular flexibility index (Phi) is 4.48. The first kappa shape index (κ1) is 14.3. The van der Waals surface area contributed by atoms with Gasteiger partial charge in [0.2, 0.25) is 11.8 Å². The molecule has 0 bridgehead atoms. The fraction of sp³-hybridized carbons (Fsp3) is 0.312. The standard InChI is InChI=1S/C16H17N3O3/c20-16(4-3-13-2-1-11-21-13)19-9-6-14(7-10-19)22-15-5-8-17-12-18-15/h1-5,8,11-12,14H,6-7,9-10H2/b4-3+. The molecular weight excluding hydrogens is 282 g/mol. The van der Waals surface area contributed by atoms with Gasteiger partial charge in [-0.2, -0.15) is 0 Å².